The molecule has 0 fully saturated rings. The van der Waals surface area contributed by atoms with Gasteiger partial charge in [0, 0.05) is 29.0 Å². The fourth-order valence-corrected chi connectivity index (χ4v) is 4.56. The van der Waals surface area contributed by atoms with Crippen LogP contribution in [0.25, 0.3) is 16.2 Å². The Morgan fingerprint density at radius 1 is 1.03 bits per heavy atom. The number of hydrogen-bond donors (Lipinski definition) is 0. The van der Waals surface area contributed by atoms with Crippen LogP contribution in [0.5, 0.6) is 5.75 Å². The molecule has 0 spiro atoms. The third-order valence-electron chi connectivity index (χ3n) is 5.41. The number of pyridine rings is 1. The van der Waals surface area contributed by atoms with Gasteiger partial charge in [0.05, 0.1) is 25.8 Å². The first kappa shape index (κ1) is 20.9. The van der Waals surface area contributed by atoms with Crippen LogP contribution in [0.1, 0.15) is 11.3 Å². The summed E-state index contributed by atoms with van der Waals surface area (Å²) in [7, 11) is 1.65. The highest BCUT2D eigenvalue weighted by Gasteiger charge is 2.20. The summed E-state index contributed by atoms with van der Waals surface area (Å²) in [6.45, 7) is 0.463. The summed E-state index contributed by atoms with van der Waals surface area (Å²) in [5.41, 5.74) is 3.82. The Kier molecular flexibility index (Phi) is 5.87. The topological polar surface area (TPSA) is 59.7 Å². The maximum absolute atomic E-state index is 13.4. The van der Waals surface area contributed by atoms with Crippen molar-refractivity contribution in [2.24, 2.45) is 0 Å². The number of nitrogens with zero attached hydrogens (tertiary/aromatic N) is 4. The average molecular weight is 455 g/mol. The van der Waals surface area contributed by atoms with Gasteiger partial charge in [-0.1, -0.05) is 36.4 Å². The molecule has 0 unspecified atom stereocenters. The molecular weight excluding hydrogens is 432 g/mol. The molecule has 0 N–H and O–H groups in total. The summed E-state index contributed by atoms with van der Waals surface area (Å²) in [6, 6.07) is 23.4. The fraction of sp³-hybridized carbons (Fsp3) is 0.115. The summed E-state index contributed by atoms with van der Waals surface area (Å²) < 4.78 is 7.24. The number of rotatable bonds is 7. The first-order chi connectivity index (χ1) is 16.2. The molecule has 0 aliphatic heterocycles. The smallest absolute Gasteiger partial charge is 0.234 e. The first-order valence-electron chi connectivity index (χ1n) is 10.6. The molecule has 0 aliphatic rings. The molecule has 2 aromatic carbocycles. The van der Waals surface area contributed by atoms with Gasteiger partial charge < -0.3 is 4.74 Å². The molecule has 1 amide bonds. The second-order valence-electron chi connectivity index (χ2n) is 7.56. The summed E-state index contributed by atoms with van der Waals surface area (Å²) >= 11 is 1.53. The lowest BCUT2D eigenvalue weighted by molar-refractivity contribution is -0.118. The van der Waals surface area contributed by atoms with Crippen LogP contribution in [-0.4, -0.2) is 27.4 Å². The van der Waals surface area contributed by atoms with Crippen LogP contribution >= 0.6 is 11.3 Å². The number of carbonyl (C=O) groups is 1. The first-order valence-corrected chi connectivity index (χ1v) is 11.4. The minimum absolute atomic E-state index is 0.0167. The number of imidazole rings is 1. The van der Waals surface area contributed by atoms with Gasteiger partial charge in [0.1, 0.15) is 11.6 Å². The minimum atomic E-state index is -0.0167. The number of carbonyl (C=O) groups excluding carboxylic acids is 1. The van der Waals surface area contributed by atoms with Gasteiger partial charge in [0.15, 0.2) is 4.96 Å². The lowest BCUT2D eigenvalue weighted by Crippen LogP contribution is -2.32. The number of amides is 1. The molecule has 3 aromatic heterocycles. The average Bonchev–Trinajstić information content (AvgIpc) is 3.46. The van der Waals surface area contributed by atoms with Crippen molar-refractivity contribution in [3.63, 3.8) is 0 Å². The van der Waals surface area contributed by atoms with Crippen LogP contribution in [-0.2, 0) is 17.8 Å². The molecule has 0 aliphatic carbocycles. The largest absolute Gasteiger partial charge is 0.497 e. The van der Waals surface area contributed by atoms with Crippen LogP contribution in [0.4, 0.5) is 5.82 Å². The molecule has 164 valence electrons. The van der Waals surface area contributed by atoms with Crippen LogP contribution < -0.4 is 9.64 Å². The molecule has 0 bridgehead atoms. The molecule has 3 heterocycles. The number of ether oxygens (including phenoxy) is 1. The molecule has 7 heteroatoms. The highest BCUT2D eigenvalue weighted by atomic mass is 32.1. The lowest BCUT2D eigenvalue weighted by Gasteiger charge is -2.22. The summed E-state index contributed by atoms with van der Waals surface area (Å²) in [6.07, 6.45) is 3.95. The molecule has 0 saturated carbocycles. The van der Waals surface area contributed by atoms with Gasteiger partial charge >= 0.3 is 0 Å². The quantitative estimate of drug-likeness (QED) is 0.337. The zero-order chi connectivity index (χ0) is 22.6. The summed E-state index contributed by atoms with van der Waals surface area (Å²) in [4.78, 5) is 25.2. The van der Waals surface area contributed by atoms with Crippen molar-refractivity contribution in [3.05, 3.63) is 102 Å². The Labute approximate surface area is 195 Å². The monoisotopic (exact) mass is 454 g/mol. The van der Waals surface area contributed by atoms with E-state index in [1.54, 1.807) is 18.2 Å². The van der Waals surface area contributed by atoms with Crippen LogP contribution in [0, 0.1) is 0 Å². The number of hydrogen-bond acceptors (Lipinski definition) is 5. The van der Waals surface area contributed by atoms with Crippen molar-refractivity contribution >= 4 is 28.0 Å². The number of methoxy groups -OCH3 is 1. The van der Waals surface area contributed by atoms with Crippen LogP contribution in [0.3, 0.4) is 0 Å². The van der Waals surface area contributed by atoms with E-state index in [2.05, 4.69) is 4.98 Å². The minimum Gasteiger partial charge on any atom is -0.497 e. The second kappa shape index (κ2) is 9.26. The Morgan fingerprint density at radius 3 is 2.55 bits per heavy atom. The van der Waals surface area contributed by atoms with E-state index in [4.69, 9.17) is 9.72 Å². The van der Waals surface area contributed by atoms with Gasteiger partial charge in [0.25, 0.3) is 0 Å². The van der Waals surface area contributed by atoms with Crippen molar-refractivity contribution in [2.45, 2.75) is 13.0 Å². The van der Waals surface area contributed by atoms with E-state index < -0.39 is 0 Å². The van der Waals surface area contributed by atoms with Crippen LogP contribution in [0.2, 0.25) is 0 Å². The zero-order valence-corrected chi connectivity index (χ0v) is 18.9. The molecule has 5 aromatic rings. The third kappa shape index (κ3) is 4.49. The predicted molar refractivity (Wildman–Crippen MR) is 131 cm³/mol. The predicted octanol–water partition coefficient (Wildman–Crippen LogP) is 5.24. The standard InChI is InChI=1S/C26H22N4O2S/c1-32-22-12-10-20(11-13-22)23-17-29-21(18-33-26(29)28-23)15-25(31)30(24-9-5-6-14-27-24)16-19-7-3-2-4-8-19/h2-14,17-18H,15-16H2,1H3. The maximum atomic E-state index is 13.4. The SMILES string of the molecule is COc1ccc(-c2cn3c(CC(=O)N(Cc4ccccc4)c4ccccn4)csc3n2)cc1. The van der Waals surface area contributed by atoms with E-state index in [-0.39, 0.29) is 12.3 Å². The van der Waals surface area contributed by atoms with Gasteiger partial charge in [-0.25, -0.2) is 9.97 Å². The molecule has 0 atom stereocenters. The van der Waals surface area contributed by atoms with Crippen molar-refractivity contribution < 1.29 is 9.53 Å². The molecule has 6 nitrogen and oxygen atoms in total. The van der Waals surface area contributed by atoms with E-state index in [9.17, 15) is 4.79 Å². The molecule has 0 saturated heterocycles. The van der Waals surface area contributed by atoms with E-state index in [1.807, 2.05) is 88.8 Å². The van der Waals surface area contributed by atoms with Crippen molar-refractivity contribution in [3.8, 4) is 17.0 Å². The van der Waals surface area contributed by atoms with E-state index >= 15 is 0 Å². The zero-order valence-electron chi connectivity index (χ0n) is 18.1. The number of thiazole rings is 1. The number of aromatic nitrogens is 3. The van der Waals surface area contributed by atoms with E-state index in [1.165, 1.54) is 11.3 Å². The van der Waals surface area contributed by atoms with Crippen LogP contribution in [0.15, 0.2) is 90.6 Å². The van der Waals surface area contributed by atoms with Gasteiger partial charge in [0.2, 0.25) is 5.91 Å². The van der Waals surface area contributed by atoms with Gasteiger partial charge in [-0.2, -0.15) is 0 Å². The molecule has 5 rings (SSSR count). The fourth-order valence-electron chi connectivity index (χ4n) is 3.68. The third-order valence-corrected chi connectivity index (χ3v) is 6.30. The number of benzene rings is 2. The molecule has 0 radical (unpaired) electrons. The van der Waals surface area contributed by atoms with Gasteiger partial charge in [-0.15, -0.1) is 11.3 Å². The van der Waals surface area contributed by atoms with E-state index in [0.29, 0.717) is 12.4 Å². The summed E-state index contributed by atoms with van der Waals surface area (Å²) in [5, 5.41) is 2.00. The Bertz CT molecular complexity index is 1360. The van der Waals surface area contributed by atoms with Crippen molar-refractivity contribution in [1.82, 2.24) is 14.4 Å². The summed E-state index contributed by atoms with van der Waals surface area (Å²) in [5.74, 6) is 1.43. The highest BCUT2D eigenvalue weighted by Crippen LogP contribution is 2.26. The van der Waals surface area contributed by atoms with Crippen molar-refractivity contribution in [2.75, 3.05) is 12.0 Å². The Hall–Kier alpha value is -3.97. The number of fused-ring (bicyclic) bond motifs is 1. The Balaban J connectivity index is 1.42. The number of anilines is 1. The molecular formula is C26H22N4O2S. The lowest BCUT2D eigenvalue weighted by atomic mass is 10.1. The van der Waals surface area contributed by atoms with Gasteiger partial charge in [-0.3, -0.25) is 14.1 Å². The second-order valence-corrected chi connectivity index (χ2v) is 8.40. The Morgan fingerprint density at radius 2 is 1.82 bits per heavy atom. The molecule has 33 heavy (non-hydrogen) atoms. The van der Waals surface area contributed by atoms with E-state index in [0.717, 1.165) is 33.2 Å². The van der Waals surface area contributed by atoms with Crippen molar-refractivity contribution in [1.29, 1.82) is 0 Å². The van der Waals surface area contributed by atoms with Gasteiger partial charge in [-0.05, 0) is 42.0 Å². The highest BCUT2D eigenvalue weighted by molar-refractivity contribution is 7.15. The maximum Gasteiger partial charge on any atom is 0.234 e. The normalized spacial score (nSPS) is 10.9.